The minimum atomic E-state index is -0.153. The van der Waals surface area contributed by atoms with E-state index in [1.54, 1.807) is 6.08 Å². The number of hydrogen-bond donors (Lipinski definition) is 1. The van der Waals surface area contributed by atoms with Crippen LogP contribution in [0.25, 0.3) is 17.1 Å². The van der Waals surface area contributed by atoms with Crippen molar-refractivity contribution >= 4 is 23.1 Å². The van der Waals surface area contributed by atoms with Crippen LogP contribution in [0.3, 0.4) is 0 Å². The molecule has 4 aliphatic carbocycles. The molecule has 0 unspecified atom stereocenters. The van der Waals surface area contributed by atoms with Gasteiger partial charge in [0, 0.05) is 17.8 Å². The van der Waals surface area contributed by atoms with Crippen molar-refractivity contribution in [1.29, 1.82) is 10.5 Å². The third-order valence-corrected chi connectivity index (χ3v) is 6.96. The molecule has 1 N–H and O–H groups in total. The van der Waals surface area contributed by atoms with Gasteiger partial charge in [0.15, 0.2) is 5.65 Å². The van der Waals surface area contributed by atoms with Crippen LogP contribution < -0.4 is 10.1 Å². The van der Waals surface area contributed by atoms with E-state index in [2.05, 4.69) is 16.4 Å². The van der Waals surface area contributed by atoms with Gasteiger partial charge in [0.25, 0.3) is 0 Å². The van der Waals surface area contributed by atoms with Crippen LogP contribution in [0.2, 0.25) is 0 Å². The molecule has 2 heterocycles. The molecule has 8 nitrogen and oxygen atoms in total. The Morgan fingerprint density at radius 2 is 1.88 bits per heavy atom. The number of ether oxygens (including phenoxy) is 1. The Kier molecular flexibility index (Phi) is 4.07. The van der Waals surface area contributed by atoms with E-state index in [1.165, 1.54) is 6.08 Å². The normalized spacial score (nSPS) is 25.2. The Hall–Kier alpha value is -3.91. The number of aromatic nitrogens is 4. The number of nitrogens with zero attached hydrogens (tertiary/aromatic N) is 6. The summed E-state index contributed by atoms with van der Waals surface area (Å²) in [5.41, 5.74) is 3.24. The zero-order valence-electron chi connectivity index (χ0n) is 18.6. The number of nitrogens with one attached hydrogen (secondary N) is 1. The van der Waals surface area contributed by atoms with Crippen LogP contribution in [0.15, 0.2) is 24.4 Å². The van der Waals surface area contributed by atoms with Gasteiger partial charge < -0.3 is 10.1 Å². The predicted molar refractivity (Wildman–Crippen MR) is 122 cm³/mol. The molecule has 0 atom stereocenters. The zero-order chi connectivity index (χ0) is 22.8. The molecule has 4 aliphatic rings. The van der Waals surface area contributed by atoms with Gasteiger partial charge in [-0.15, -0.1) is 0 Å². The highest BCUT2D eigenvalue weighted by molar-refractivity contribution is 5.81. The first-order valence-corrected chi connectivity index (χ1v) is 11.2. The standard InChI is InChI=1S/C25H23N7O/c1-15-8-17(4-3-7-26)9-16(2)20(15)33-22-19-10-32(18-5-6-18)31-21(19)28-23(29-22)30-25-11-24(12-25,13-25)14-27/h3-4,8-10,18H,5-6,11-13H2,1-2H3,(H,28,30,31)/b4-3+. The summed E-state index contributed by atoms with van der Waals surface area (Å²) in [6, 6.07) is 8.87. The molecule has 4 saturated carbocycles. The van der Waals surface area contributed by atoms with Gasteiger partial charge in [-0.2, -0.15) is 25.6 Å². The van der Waals surface area contributed by atoms with Gasteiger partial charge in [-0.05, 0) is 80.9 Å². The SMILES string of the molecule is Cc1cc(/C=C/C#N)cc(C)c1Oc1nc(NC23CC(C#N)(C2)C3)nc2nn(C3CC3)cc12. The fourth-order valence-electron chi connectivity index (χ4n) is 5.30. The Morgan fingerprint density at radius 3 is 2.52 bits per heavy atom. The minimum absolute atomic E-state index is 0.0830. The highest BCUT2D eigenvalue weighted by Crippen LogP contribution is 2.67. The number of nitriles is 2. The van der Waals surface area contributed by atoms with Crippen molar-refractivity contribution in [2.45, 2.75) is 57.5 Å². The van der Waals surface area contributed by atoms with E-state index < -0.39 is 0 Å². The summed E-state index contributed by atoms with van der Waals surface area (Å²) in [6.07, 6.45) is 9.98. The van der Waals surface area contributed by atoms with Gasteiger partial charge in [0.05, 0.1) is 23.6 Å². The second-order valence-corrected chi connectivity index (χ2v) is 9.81. The Bertz CT molecular complexity index is 1370. The van der Waals surface area contributed by atoms with E-state index >= 15 is 0 Å². The largest absolute Gasteiger partial charge is 0.437 e. The van der Waals surface area contributed by atoms with Gasteiger partial charge >= 0.3 is 0 Å². The zero-order valence-corrected chi connectivity index (χ0v) is 18.6. The molecule has 0 saturated heterocycles. The smallest absolute Gasteiger partial charge is 0.235 e. The molecule has 2 bridgehead atoms. The number of anilines is 1. The van der Waals surface area contributed by atoms with Crippen molar-refractivity contribution in [2.24, 2.45) is 5.41 Å². The molecule has 8 heteroatoms. The summed E-state index contributed by atoms with van der Waals surface area (Å²) in [6.45, 7) is 3.97. The fraction of sp³-hybridized carbons (Fsp3) is 0.400. The first-order chi connectivity index (χ1) is 15.9. The third-order valence-electron chi connectivity index (χ3n) is 6.96. The number of rotatable bonds is 6. The Morgan fingerprint density at radius 1 is 1.15 bits per heavy atom. The predicted octanol–water partition coefficient (Wildman–Crippen LogP) is 4.97. The second-order valence-electron chi connectivity index (χ2n) is 9.81. The molecule has 0 amide bonds. The van der Waals surface area contributed by atoms with Crippen molar-refractivity contribution in [2.75, 3.05) is 5.32 Å². The maximum Gasteiger partial charge on any atom is 0.235 e. The number of benzene rings is 1. The molecule has 0 radical (unpaired) electrons. The van der Waals surface area contributed by atoms with Crippen molar-refractivity contribution in [1.82, 2.24) is 19.7 Å². The lowest BCUT2D eigenvalue weighted by Crippen LogP contribution is -2.70. The highest BCUT2D eigenvalue weighted by Gasteiger charge is 2.69. The number of aryl methyl sites for hydroxylation is 2. The molecule has 0 aliphatic heterocycles. The maximum absolute atomic E-state index is 9.33. The number of allylic oxidation sites excluding steroid dienone is 1. The molecule has 164 valence electrons. The van der Waals surface area contributed by atoms with Crippen LogP contribution in [0.5, 0.6) is 11.6 Å². The summed E-state index contributed by atoms with van der Waals surface area (Å²) in [5.74, 6) is 1.71. The molecule has 7 rings (SSSR count). The van der Waals surface area contributed by atoms with Crippen LogP contribution in [0.4, 0.5) is 5.95 Å². The second kappa shape index (κ2) is 6.79. The van der Waals surface area contributed by atoms with E-state index in [-0.39, 0.29) is 11.0 Å². The average Bonchev–Trinajstić information content (AvgIpc) is 3.49. The van der Waals surface area contributed by atoms with Gasteiger partial charge in [0.2, 0.25) is 11.8 Å². The van der Waals surface area contributed by atoms with E-state index in [0.29, 0.717) is 23.5 Å². The van der Waals surface area contributed by atoms with Crippen LogP contribution in [-0.2, 0) is 0 Å². The minimum Gasteiger partial charge on any atom is -0.437 e. The molecule has 2 aromatic heterocycles. The molecule has 3 aromatic rings. The summed E-state index contributed by atoms with van der Waals surface area (Å²) in [7, 11) is 0. The van der Waals surface area contributed by atoms with Gasteiger partial charge in [-0.25, -0.2) is 0 Å². The first-order valence-electron chi connectivity index (χ1n) is 11.2. The van der Waals surface area contributed by atoms with Gasteiger partial charge in [-0.3, -0.25) is 4.68 Å². The fourth-order valence-corrected chi connectivity index (χ4v) is 5.30. The molecule has 33 heavy (non-hydrogen) atoms. The van der Waals surface area contributed by atoms with Crippen molar-refractivity contribution in [3.8, 4) is 23.8 Å². The molecular weight excluding hydrogens is 414 g/mol. The van der Waals surface area contributed by atoms with Crippen LogP contribution >= 0.6 is 0 Å². The molecular formula is C25H23N7O. The lowest BCUT2D eigenvalue weighted by molar-refractivity contribution is -0.0665. The number of hydrogen-bond acceptors (Lipinski definition) is 7. The van der Waals surface area contributed by atoms with Crippen molar-refractivity contribution in [3.63, 3.8) is 0 Å². The quantitative estimate of drug-likeness (QED) is 0.542. The summed E-state index contributed by atoms with van der Waals surface area (Å²) < 4.78 is 8.37. The average molecular weight is 438 g/mol. The summed E-state index contributed by atoms with van der Waals surface area (Å²) >= 11 is 0. The van der Waals surface area contributed by atoms with Crippen molar-refractivity contribution < 1.29 is 4.74 Å². The topological polar surface area (TPSA) is 112 Å². The highest BCUT2D eigenvalue weighted by atomic mass is 16.5. The van der Waals surface area contributed by atoms with Crippen LogP contribution in [0.1, 0.15) is 54.8 Å². The van der Waals surface area contributed by atoms with Crippen molar-refractivity contribution in [3.05, 3.63) is 41.1 Å². The van der Waals surface area contributed by atoms with Crippen LogP contribution in [0, 0.1) is 41.9 Å². The maximum atomic E-state index is 9.33. The number of fused-ring (bicyclic) bond motifs is 1. The lowest BCUT2D eigenvalue weighted by Gasteiger charge is -2.66. The van der Waals surface area contributed by atoms with E-state index in [0.717, 1.165) is 59.9 Å². The van der Waals surface area contributed by atoms with E-state index in [1.807, 2.05) is 42.9 Å². The van der Waals surface area contributed by atoms with E-state index in [4.69, 9.17) is 20.1 Å². The first kappa shape index (κ1) is 19.8. The van der Waals surface area contributed by atoms with Crippen LogP contribution in [-0.4, -0.2) is 25.3 Å². The van der Waals surface area contributed by atoms with Gasteiger partial charge in [0.1, 0.15) is 11.1 Å². The molecule has 4 fully saturated rings. The summed E-state index contributed by atoms with van der Waals surface area (Å²) in [5, 5.41) is 27.1. The van der Waals surface area contributed by atoms with Gasteiger partial charge in [-0.1, -0.05) is 0 Å². The molecule has 0 spiro atoms. The third kappa shape index (κ3) is 3.22. The van der Waals surface area contributed by atoms with E-state index in [9.17, 15) is 5.26 Å². The monoisotopic (exact) mass is 437 g/mol. The molecule has 1 aromatic carbocycles. The summed E-state index contributed by atoms with van der Waals surface area (Å²) in [4.78, 5) is 9.43. The Balaban J connectivity index is 1.37. The lowest BCUT2D eigenvalue weighted by atomic mass is 9.40. The Labute approximate surface area is 191 Å².